The smallest absolute Gasteiger partial charge is 0.463 e. The molecular formula is C93H152O16P2. The van der Waals surface area contributed by atoms with E-state index in [0.717, 1.165) is 167 Å². The van der Waals surface area contributed by atoms with Crippen LogP contribution in [0.4, 0.5) is 0 Å². The Bertz CT molecular complexity index is 2800. The summed E-state index contributed by atoms with van der Waals surface area (Å²) in [5.41, 5.74) is 0. The predicted molar refractivity (Wildman–Crippen MR) is 463 cm³/mol. The molecule has 0 radical (unpaired) electrons. The minimum Gasteiger partial charge on any atom is -0.463 e. The highest BCUT2D eigenvalue weighted by Crippen LogP contribution is 2.45. The summed E-state index contributed by atoms with van der Waals surface area (Å²) in [4.78, 5) is 58.8. The van der Waals surface area contributed by atoms with Gasteiger partial charge in [0.05, 0.1) is 26.4 Å². The van der Waals surface area contributed by atoms with Crippen molar-refractivity contribution in [1.29, 1.82) is 0 Å². The number of hydrogen-bond donors (Lipinski definition) is 4. The molecule has 0 bridgehead atoms. The molecular weight excluding hydrogens is 1430 g/mol. The highest BCUT2D eigenvalue weighted by molar-refractivity contribution is 7.47. The van der Waals surface area contributed by atoms with Gasteiger partial charge < -0.3 is 34.2 Å². The van der Waals surface area contributed by atoms with Gasteiger partial charge in [0.25, 0.3) is 0 Å². The van der Waals surface area contributed by atoms with Gasteiger partial charge in [-0.15, -0.1) is 0 Å². The molecule has 0 heterocycles. The van der Waals surface area contributed by atoms with Crippen LogP contribution in [0, 0.1) is 0 Å². The Hall–Kier alpha value is -5.61. The predicted octanol–water partition coefficient (Wildman–Crippen LogP) is 25.9. The van der Waals surface area contributed by atoms with Crippen molar-refractivity contribution in [3.8, 4) is 0 Å². The second-order valence-electron chi connectivity index (χ2n) is 27.8. The molecule has 4 N–H and O–H groups in total. The number of carbonyl (C=O) groups excluding carboxylic acids is 3. The molecule has 0 spiro atoms. The Morgan fingerprint density at radius 2 is 0.450 bits per heavy atom. The van der Waals surface area contributed by atoms with Gasteiger partial charge in [-0.1, -0.05) is 331 Å². The molecule has 18 heteroatoms. The molecule has 0 saturated carbocycles. The van der Waals surface area contributed by atoms with E-state index < -0.39 is 91.5 Å². The van der Waals surface area contributed by atoms with Gasteiger partial charge in [0.2, 0.25) is 0 Å². The van der Waals surface area contributed by atoms with Crippen molar-refractivity contribution < 1.29 is 75.8 Å². The fourth-order valence-corrected chi connectivity index (χ4v) is 12.5. The lowest BCUT2D eigenvalue weighted by Gasteiger charge is -2.21. The van der Waals surface area contributed by atoms with Crippen molar-refractivity contribution in [2.45, 2.75) is 334 Å². The molecule has 630 valence electrons. The lowest BCUT2D eigenvalue weighted by atomic mass is 10.0. The van der Waals surface area contributed by atoms with Gasteiger partial charge in [-0.2, -0.15) is 0 Å². The van der Waals surface area contributed by atoms with Crippen molar-refractivity contribution in [3.63, 3.8) is 0 Å². The lowest BCUT2D eigenvalue weighted by Crippen LogP contribution is -2.30. The van der Waals surface area contributed by atoms with Gasteiger partial charge in [-0.05, 0) is 161 Å². The number of phosphoric ester groups is 2. The first-order chi connectivity index (χ1) is 54.2. The quantitative estimate of drug-likeness (QED) is 0.0146. The molecule has 0 aromatic rings. The Morgan fingerprint density at radius 1 is 0.252 bits per heavy atom. The Balaban J connectivity index is 4.60. The van der Waals surface area contributed by atoms with Crippen molar-refractivity contribution in [1.82, 2.24) is 0 Å². The van der Waals surface area contributed by atoms with E-state index in [2.05, 4.69) is 215 Å². The average Bonchev–Trinajstić information content (AvgIpc) is 0.902. The lowest BCUT2D eigenvalue weighted by molar-refractivity contribution is -0.161. The minimum atomic E-state index is -4.96. The number of aliphatic hydroxyl groups is 2. The molecule has 0 aliphatic carbocycles. The average molecular weight is 1590 g/mol. The third-order valence-electron chi connectivity index (χ3n) is 17.3. The number of rotatable bonds is 79. The van der Waals surface area contributed by atoms with Crippen LogP contribution < -0.4 is 0 Å². The van der Waals surface area contributed by atoms with Crippen molar-refractivity contribution in [3.05, 3.63) is 194 Å². The minimum absolute atomic E-state index is 0.0649. The molecule has 16 nitrogen and oxygen atoms in total. The van der Waals surface area contributed by atoms with E-state index in [1.54, 1.807) is 0 Å². The number of hydrogen-bond acceptors (Lipinski definition) is 14. The molecule has 0 amide bonds. The number of aliphatic hydroxyl groups excluding tert-OH is 2. The van der Waals surface area contributed by atoms with Gasteiger partial charge in [0.1, 0.15) is 25.4 Å². The number of esters is 3. The second kappa shape index (κ2) is 83.8. The number of unbranched alkanes of at least 4 members (excludes halogenated alkanes) is 24. The summed E-state index contributed by atoms with van der Waals surface area (Å²) in [5, 5.41) is 20.7. The molecule has 0 aromatic heterocycles. The first-order valence-corrected chi connectivity index (χ1v) is 45.7. The van der Waals surface area contributed by atoms with Crippen LogP contribution in [0.3, 0.4) is 0 Å². The Morgan fingerprint density at radius 3 is 0.730 bits per heavy atom. The maximum atomic E-state index is 13.0. The summed E-state index contributed by atoms with van der Waals surface area (Å²) in [7, 11) is -9.83. The van der Waals surface area contributed by atoms with Crippen LogP contribution in [0.2, 0.25) is 0 Å². The van der Waals surface area contributed by atoms with Crippen LogP contribution in [0.15, 0.2) is 194 Å². The van der Waals surface area contributed by atoms with Crippen LogP contribution in [-0.2, 0) is 55.8 Å². The van der Waals surface area contributed by atoms with Crippen molar-refractivity contribution in [2.24, 2.45) is 0 Å². The molecule has 0 aliphatic heterocycles. The van der Waals surface area contributed by atoms with Gasteiger partial charge >= 0.3 is 33.6 Å². The summed E-state index contributed by atoms with van der Waals surface area (Å²) >= 11 is 0. The standard InChI is InChI=1S/C93H152O16P2/c1-4-7-10-13-16-19-22-25-28-31-34-37-38-39-40-41-42-43-44-45-46-47-48-51-53-55-58-61-64-67-70-73-76-79-91(96)103-82-88(94)83-105-110(99,100)106-84-89(95)85-107-111(101,102)108-87-90(109-93(98)81-78-75-72-69-66-63-60-57-54-50-36-33-30-27-24-21-18-15-12-9-6-3)86-104-92(97)80-77-74-71-68-65-62-59-56-52-49-35-32-29-26-23-20-17-14-11-8-5-2/h7-12,16-21,25-30,34-37,39-40,49-50,56-57,59-60,65,68,88-90,94-95H,4-6,13-15,22-24,31-33,38,41-48,51-55,58,61-64,66-67,69-87H2,1-3H3,(H,99,100)(H,101,102)/b10-7-,11-8-,12-9-,19-16-,20-17-,21-18-,28-25-,29-26-,30-27-,37-34-,40-39-,49-35-,50-36-,59-56-,60-57-,68-65-. The van der Waals surface area contributed by atoms with E-state index >= 15 is 0 Å². The molecule has 111 heavy (non-hydrogen) atoms. The van der Waals surface area contributed by atoms with Crippen LogP contribution in [0.25, 0.3) is 0 Å². The molecule has 0 aromatic carbocycles. The van der Waals surface area contributed by atoms with Crippen molar-refractivity contribution >= 4 is 33.6 Å². The van der Waals surface area contributed by atoms with Gasteiger partial charge in [0, 0.05) is 19.3 Å². The number of allylic oxidation sites excluding steroid dienone is 32. The number of phosphoric acid groups is 2. The summed E-state index contributed by atoms with van der Waals surface area (Å²) in [6.07, 6.45) is 111. The molecule has 5 unspecified atom stereocenters. The zero-order valence-electron chi connectivity index (χ0n) is 69.1. The van der Waals surface area contributed by atoms with E-state index in [1.807, 2.05) is 0 Å². The number of carbonyl (C=O) groups is 3. The Kier molecular flexibility index (Phi) is 79.6. The van der Waals surface area contributed by atoms with Crippen LogP contribution in [-0.4, -0.2) is 95.9 Å². The zero-order chi connectivity index (χ0) is 80.8. The summed E-state index contributed by atoms with van der Waals surface area (Å²) in [6.45, 7) is 2.27. The van der Waals surface area contributed by atoms with Gasteiger partial charge in [-0.25, -0.2) is 9.13 Å². The first kappa shape index (κ1) is 105. The van der Waals surface area contributed by atoms with Crippen molar-refractivity contribution in [2.75, 3.05) is 39.6 Å². The monoisotopic (exact) mass is 1590 g/mol. The maximum absolute atomic E-state index is 13.0. The van der Waals surface area contributed by atoms with E-state index in [1.165, 1.54) is 89.9 Å². The van der Waals surface area contributed by atoms with Gasteiger partial charge in [0.15, 0.2) is 6.10 Å². The SMILES string of the molecule is CC/C=C\C/C=C\C/C=C\C/C=C\C/C=C\C/C=C\CCCCC(=O)OCC(COP(=O)(O)OCC(O)COP(=O)(O)OCC(O)COC(=O)CCCCCCCCCCCCCCCCCCC/C=C\C/C=C\C/C=C\C/C=C\C/C=C\CC)OC(=O)CCCCCCC/C=C\C/C=C\C/C=C\C/C=C\C/C=C\CC. The van der Waals surface area contributed by atoms with E-state index in [4.69, 9.17) is 32.3 Å². The first-order valence-electron chi connectivity index (χ1n) is 42.7. The topological polar surface area (TPSA) is 231 Å². The fourth-order valence-electron chi connectivity index (χ4n) is 10.9. The van der Waals surface area contributed by atoms with Crippen LogP contribution in [0.1, 0.15) is 316 Å². The fraction of sp³-hybridized carbons (Fsp3) is 0.624. The molecule has 0 rings (SSSR count). The highest BCUT2D eigenvalue weighted by Gasteiger charge is 2.29. The second-order valence-corrected chi connectivity index (χ2v) is 30.7. The summed E-state index contributed by atoms with van der Waals surface area (Å²) < 4.78 is 61.2. The number of ether oxygens (including phenoxy) is 3. The molecule has 5 atom stereocenters. The molecule has 0 aliphatic rings. The summed E-state index contributed by atoms with van der Waals surface area (Å²) in [6, 6.07) is 0. The van der Waals surface area contributed by atoms with Gasteiger partial charge in [-0.3, -0.25) is 32.5 Å². The third-order valence-corrected chi connectivity index (χ3v) is 19.2. The molecule has 0 saturated heterocycles. The Labute approximate surface area is 674 Å². The van der Waals surface area contributed by atoms with E-state index in [9.17, 15) is 43.5 Å². The normalized spacial score (nSPS) is 14.8. The third kappa shape index (κ3) is 85.1. The maximum Gasteiger partial charge on any atom is 0.472 e. The largest absolute Gasteiger partial charge is 0.472 e. The highest BCUT2D eigenvalue weighted by atomic mass is 31.2. The summed E-state index contributed by atoms with van der Waals surface area (Å²) in [5.74, 6) is -1.66. The zero-order valence-corrected chi connectivity index (χ0v) is 70.8. The van der Waals surface area contributed by atoms with E-state index in [0.29, 0.717) is 19.3 Å². The molecule has 0 fully saturated rings. The van der Waals surface area contributed by atoms with Crippen LogP contribution >= 0.6 is 15.6 Å². The van der Waals surface area contributed by atoms with E-state index in [-0.39, 0.29) is 19.3 Å². The van der Waals surface area contributed by atoms with Crippen LogP contribution in [0.5, 0.6) is 0 Å².